The summed E-state index contributed by atoms with van der Waals surface area (Å²) in [5, 5.41) is 12.4. The fourth-order valence-corrected chi connectivity index (χ4v) is 2.63. The lowest BCUT2D eigenvalue weighted by Gasteiger charge is -2.25. The van der Waals surface area contributed by atoms with E-state index >= 15 is 0 Å². The van der Waals surface area contributed by atoms with Gasteiger partial charge in [0.15, 0.2) is 0 Å². The third-order valence-corrected chi connectivity index (χ3v) is 3.51. The summed E-state index contributed by atoms with van der Waals surface area (Å²) < 4.78 is 0. The molecule has 3 nitrogen and oxygen atoms in total. The van der Waals surface area contributed by atoms with Crippen LogP contribution in [0.25, 0.3) is 0 Å². The van der Waals surface area contributed by atoms with Crippen molar-refractivity contribution in [3.05, 3.63) is 29.8 Å². The van der Waals surface area contributed by atoms with E-state index in [9.17, 15) is 0 Å². The van der Waals surface area contributed by atoms with Gasteiger partial charge in [0.1, 0.15) is 0 Å². The topological polar surface area (TPSA) is 35.5 Å². The van der Waals surface area contributed by atoms with E-state index in [2.05, 4.69) is 34.5 Å². The molecule has 3 heteroatoms. The number of aliphatic hydroxyl groups excluding tert-OH is 1. The number of rotatable bonds is 4. The summed E-state index contributed by atoms with van der Waals surface area (Å²) in [5.41, 5.74) is 2.73. The van der Waals surface area contributed by atoms with Gasteiger partial charge in [0, 0.05) is 31.4 Å². The smallest absolute Gasteiger partial charge is 0.0447 e. The summed E-state index contributed by atoms with van der Waals surface area (Å²) in [6.45, 7) is 2.31. The zero-order valence-electron chi connectivity index (χ0n) is 10.5. The SMILES string of the molecule is CNC1CCCN(CCCO)c2ccccc21. The van der Waals surface area contributed by atoms with Crippen LogP contribution in [0.15, 0.2) is 24.3 Å². The quantitative estimate of drug-likeness (QED) is 0.835. The minimum absolute atomic E-state index is 0.272. The highest BCUT2D eigenvalue weighted by molar-refractivity contribution is 5.55. The number of fused-ring (bicyclic) bond motifs is 1. The minimum Gasteiger partial charge on any atom is -0.396 e. The number of anilines is 1. The summed E-state index contributed by atoms with van der Waals surface area (Å²) in [6.07, 6.45) is 3.23. The lowest BCUT2D eigenvalue weighted by Crippen LogP contribution is -2.26. The van der Waals surface area contributed by atoms with Gasteiger partial charge in [-0.2, -0.15) is 0 Å². The van der Waals surface area contributed by atoms with Crippen LogP contribution in [0.1, 0.15) is 30.9 Å². The molecule has 0 aliphatic carbocycles. The third kappa shape index (κ3) is 2.79. The van der Waals surface area contributed by atoms with E-state index in [0.717, 1.165) is 19.5 Å². The van der Waals surface area contributed by atoms with E-state index in [1.807, 2.05) is 7.05 Å². The number of para-hydroxylation sites is 1. The molecule has 1 unspecified atom stereocenters. The number of hydrogen-bond donors (Lipinski definition) is 2. The molecule has 0 amide bonds. The molecular formula is C14H22N2O. The highest BCUT2D eigenvalue weighted by atomic mass is 16.3. The Kier molecular flexibility index (Phi) is 4.40. The Balaban J connectivity index is 2.25. The Morgan fingerprint density at radius 2 is 2.24 bits per heavy atom. The zero-order valence-corrected chi connectivity index (χ0v) is 10.5. The molecule has 0 saturated carbocycles. The molecule has 0 aromatic heterocycles. The van der Waals surface area contributed by atoms with Crippen LogP contribution in [0, 0.1) is 0 Å². The van der Waals surface area contributed by atoms with Gasteiger partial charge in [-0.05, 0) is 37.9 Å². The van der Waals surface area contributed by atoms with Crippen molar-refractivity contribution >= 4 is 5.69 Å². The second-order valence-corrected chi connectivity index (χ2v) is 4.61. The first-order chi connectivity index (χ1) is 8.36. The van der Waals surface area contributed by atoms with E-state index < -0.39 is 0 Å². The van der Waals surface area contributed by atoms with E-state index in [1.54, 1.807) is 0 Å². The van der Waals surface area contributed by atoms with Gasteiger partial charge in [-0.15, -0.1) is 0 Å². The standard InChI is InChI=1S/C14H22N2O/c1-15-13-7-4-9-16(10-5-11-17)14-8-3-2-6-12(13)14/h2-3,6,8,13,15,17H,4-5,7,9-11H2,1H3. The third-order valence-electron chi connectivity index (χ3n) is 3.51. The molecule has 94 valence electrons. The maximum Gasteiger partial charge on any atom is 0.0447 e. The Morgan fingerprint density at radius 3 is 3.00 bits per heavy atom. The van der Waals surface area contributed by atoms with Crippen molar-refractivity contribution in [1.29, 1.82) is 0 Å². The number of nitrogens with zero attached hydrogens (tertiary/aromatic N) is 1. The molecule has 1 aromatic rings. The van der Waals surface area contributed by atoms with Crippen molar-refractivity contribution in [2.45, 2.75) is 25.3 Å². The highest BCUT2D eigenvalue weighted by Crippen LogP contribution is 2.32. The van der Waals surface area contributed by atoms with Gasteiger partial charge in [-0.25, -0.2) is 0 Å². The first kappa shape index (κ1) is 12.4. The first-order valence-corrected chi connectivity index (χ1v) is 6.49. The molecule has 0 fully saturated rings. The molecule has 2 N–H and O–H groups in total. The molecule has 1 aromatic carbocycles. The van der Waals surface area contributed by atoms with E-state index in [0.29, 0.717) is 6.04 Å². The molecule has 0 radical (unpaired) electrons. The summed E-state index contributed by atoms with van der Waals surface area (Å²) in [7, 11) is 2.03. The van der Waals surface area contributed by atoms with E-state index in [-0.39, 0.29) is 6.61 Å². The summed E-state index contributed by atoms with van der Waals surface area (Å²) in [4.78, 5) is 2.41. The van der Waals surface area contributed by atoms with Gasteiger partial charge in [-0.1, -0.05) is 18.2 Å². The Bertz CT molecular complexity index is 354. The van der Waals surface area contributed by atoms with Crippen LogP contribution in [-0.4, -0.2) is 31.9 Å². The van der Waals surface area contributed by atoms with Crippen LogP contribution in [0.2, 0.25) is 0 Å². The average Bonchev–Trinajstić information content (AvgIpc) is 2.55. The van der Waals surface area contributed by atoms with Gasteiger partial charge >= 0.3 is 0 Å². The van der Waals surface area contributed by atoms with Crippen molar-refractivity contribution in [2.75, 3.05) is 31.6 Å². The predicted octanol–water partition coefficient (Wildman–Crippen LogP) is 1.93. The molecule has 0 bridgehead atoms. The lowest BCUT2D eigenvalue weighted by atomic mass is 10.0. The predicted molar refractivity (Wildman–Crippen MR) is 71.4 cm³/mol. The van der Waals surface area contributed by atoms with Gasteiger partial charge < -0.3 is 15.3 Å². The van der Waals surface area contributed by atoms with Crippen molar-refractivity contribution in [1.82, 2.24) is 5.32 Å². The summed E-state index contributed by atoms with van der Waals surface area (Å²) in [6, 6.07) is 9.09. The molecule has 0 spiro atoms. The van der Waals surface area contributed by atoms with Crippen molar-refractivity contribution in [3.8, 4) is 0 Å². The number of hydrogen-bond acceptors (Lipinski definition) is 3. The fourth-order valence-electron chi connectivity index (χ4n) is 2.63. The summed E-state index contributed by atoms with van der Waals surface area (Å²) >= 11 is 0. The molecule has 1 aliphatic rings. The number of aliphatic hydroxyl groups is 1. The van der Waals surface area contributed by atoms with Gasteiger partial charge in [0.05, 0.1) is 0 Å². The molecular weight excluding hydrogens is 212 g/mol. The summed E-state index contributed by atoms with van der Waals surface area (Å²) in [5.74, 6) is 0. The second kappa shape index (κ2) is 6.03. The lowest BCUT2D eigenvalue weighted by molar-refractivity contribution is 0.289. The van der Waals surface area contributed by atoms with Crippen LogP contribution in [0.5, 0.6) is 0 Å². The number of benzene rings is 1. The minimum atomic E-state index is 0.272. The average molecular weight is 234 g/mol. The van der Waals surface area contributed by atoms with Crippen molar-refractivity contribution in [3.63, 3.8) is 0 Å². The van der Waals surface area contributed by atoms with E-state index in [1.165, 1.54) is 24.1 Å². The highest BCUT2D eigenvalue weighted by Gasteiger charge is 2.20. The second-order valence-electron chi connectivity index (χ2n) is 4.61. The Morgan fingerprint density at radius 1 is 1.41 bits per heavy atom. The number of nitrogens with one attached hydrogen (secondary N) is 1. The maximum absolute atomic E-state index is 8.97. The van der Waals surface area contributed by atoms with Gasteiger partial charge in [0.2, 0.25) is 0 Å². The van der Waals surface area contributed by atoms with Crippen LogP contribution in [0.4, 0.5) is 5.69 Å². The van der Waals surface area contributed by atoms with Crippen molar-refractivity contribution in [2.24, 2.45) is 0 Å². The molecule has 1 atom stereocenters. The fraction of sp³-hybridized carbons (Fsp3) is 0.571. The van der Waals surface area contributed by atoms with Crippen LogP contribution in [-0.2, 0) is 0 Å². The van der Waals surface area contributed by atoms with Crippen LogP contribution >= 0.6 is 0 Å². The van der Waals surface area contributed by atoms with Crippen LogP contribution in [0.3, 0.4) is 0 Å². The monoisotopic (exact) mass is 234 g/mol. The van der Waals surface area contributed by atoms with Gasteiger partial charge in [-0.3, -0.25) is 0 Å². The Labute approximate surface area is 103 Å². The molecule has 1 heterocycles. The molecule has 1 aliphatic heterocycles. The maximum atomic E-state index is 8.97. The molecule has 2 rings (SSSR count). The Hall–Kier alpha value is -1.06. The molecule has 0 saturated heterocycles. The van der Waals surface area contributed by atoms with Crippen molar-refractivity contribution < 1.29 is 5.11 Å². The van der Waals surface area contributed by atoms with Crippen LogP contribution < -0.4 is 10.2 Å². The first-order valence-electron chi connectivity index (χ1n) is 6.49. The normalized spacial score (nSPS) is 19.9. The van der Waals surface area contributed by atoms with E-state index in [4.69, 9.17) is 5.11 Å². The van der Waals surface area contributed by atoms with Gasteiger partial charge in [0.25, 0.3) is 0 Å². The zero-order chi connectivity index (χ0) is 12.1. The molecule has 17 heavy (non-hydrogen) atoms. The largest absolute Gasteiger partial charge is 0.396 e.